The van der Waals surface area contributed by atoms with Gasteiger partial charge in [-0.3, -0.25) is 14.9 Å². The Morgan fingerprint density at radius 1 is 1.20 bits per heavy atom. The van der Waals surface area contributed by atoms with Crippen LogP contribution in [0.4, 0.5) is 15.8 Å². The number of halogens is 1. The number of nitro benzene ring substituents is 1. The highest BCUT2D eigenvalue weighted by Gasteiger charge is 2.12. The van der Waals surface area contributed by atoms with E-state index < -0.39 is 16.6 Å². The molecule has 0 aliphatic rings. The standard InChI is InChI=1S/C17H15FN2O5/c1-24-13-5-7-16(25-2)11(9-13)3-8-17(21)19-15-10-12(20(22)23)4-6-14(15)18/h3-10H,1-2H3,(H,19,21). The Morgan fingerprint density at radius 3 is 2.60 bits per heavy atom. The number of hydrogen-bond donors (Lipinski definition) is 1. The molecule has 1 N–H and O–H groups in total. The lowest BCUT2D eigenvalue weighted by molar-refractivity contribution is -0.384. The normalized spacial score (nSPS) is 10.5. The number of benzene rings is 2. The van der Waals surface area contributed by atoms with Crippen LogP contribution in [0.5, 0.6) is 11.5 Å². The number of hydrogen-bond acceptors (Lipinski definition) is 5. The predicted octanol–water partition coefficient (Wildman–Crippen LogP) is 3.40. The van der Waals surface area contributed by atoms with Gasteiger partial charge >= 0.3 is 0 Å². The molecule has 7 nitrogen and oxygen atoms in total. The molecule has 0 saturated heterocycles. The number of ether oxygens (including phenoxy) is 2. The van der Waals surface area contributed by atoms with E-state index in [0.29, 0.717) is 17.1 Å². The fourth-order valence-corrected chi connectivity index (χ4v) is 2.03. The zero-order valence-electron chi connectivity index (χ0n) is 13.5. The van der Waals surface area contributed by atoms with Gasteiger partial charge in [-0.1, -0.05) is 0 Å². The van der Waals surface area contributed by atoms with Crippen LogP contribution in [0.15, 0.2) is 42.5 Å². The first-order chi connectivity index (χ1) is 11.9. The maximum Gasteiger partial charge on any atom is 0.271 e. The van der Waals surface area contributed by atoms with Gasteiger partial charge in [-0.25, -0.2) is 4.39 Å². The van der Waals surface area contributed by atoms with E-state index in [4.69, 9.17) is 9.47 Å². The van der Waals surface area contributed by atoms with Crippen molar-refractivity contribution in [3.8, 4) is 11.5 Å². The number of carbonyl (C=O) groups is 1. The van der Waals surface area contributed by atoms with E-state index in [1.165, 1.54) is 20.3 Å². The van der Waals surface area contributed by atoms with Gasteiger partial charge in [-0.05, 0) is 30.3 Å². The largest absolute Gasteiger partial charge is 0.497 e. The van der Waals surface area contributed by atoms with Crippen molar-refractivity contribution in [2.24, 2.45) is 0 Å². The van der Waals surface area contributed by atoms with Crippen LogP contribution in [-0.4, -0.2) is 25.1 Å². The minimum atomic E-state index is -0.772. The van der Waals surface area contributed by atoms with E-state index in [9.17, 15) is 19.3 Å². The molecule has 0 fully saturated rings. The van der Waals surface area contributed by atoms with Gasteiger partial charge in [-0.15, -0.1) is 0 Å². The zero-order chi connectivity index (χ0) is 18.4. The lowest BCUT2D eigenvalue weighted by atomic mass is 10.1. The van der Waals surface area contributed by atoms with Crippen LogP contribution in [0.3, 0.4) is 0 Å². The minimum absolute atomic E-state index is 0.276. The molecule has 2 aromatic rings. The van der Waals surface area contributed by atoms with Crippen LogP contribution in [0, 0.1) is 15.9 Å². The summed E-state index contributed by atoms with van der Waals surface area (Å²) in [6, 6.07) is 7.93. The lowest BCUT2D eigenvalue weighted by Gasteiger charge is -2.07. The molecule has 0 radical (unpaired) electrons. The molecule has 2 rings (SSSR count). The Morgan fingerprint density at radius 2 is 1.96 bits per heavy atom. The third-order valence-corrected chi connectivity index (χ3v) is 3.27. The Labute approximate surface area is 142 Å². The maximum absolute atomic E-state index is 13.7. The minimum Gasteiger partial charge on any atom is -0.497 e. The van der Waals surface area contributed by atoms with Crippen molar-refractivity contribution in [3.63, 3.8) is 0 Å². The van der Waals surface area contributed by atoms with Crippen molar-refractivity contribution in [1.29, 1.82) is 0 Å². The smallest absolute Gasteiger partial charge is 0.271 e. The van der Waals surface area contributed by atoms with Crippen LogP contribution in [0.1, 0.15) is 5.56 Å². The second-order valence-corrected chi connectivity index (χ2v) is 4.85. The Kier molecular flexibility index (Phi) is 5.67. The summed E-state index contributed by atoms with van der Waals surface area (Å²) in [6.07, 6.45) is 2.63. The van der Waals surface area contributed by atoms with Gasteiger partial charge < -0.3 is 14.8 Å². The maximum atomic E-state index is 13.7. The summed E-state index contributed by atoms with van der Waals surface area (Å²) < 4.78 is 24.0. The second kappa shape index (κ2) is 7.91. The summed E-state index contributed by atoms with van der Waals surface area (Å²) >= 11 is 0. The summed E-state index contributed by atoms with van der Waals surface area (Å²) in [5, 5.41) is 13.0. The first-order valence-electron chi connectivity index (χ1n) is 7.09. The fraction of sp³-hybridized carbons (Fsp3) is 0.118. The molecule has 0 bridgehead atoms. The van der Waals surface area contributed by atoms with Crippen molar-refractivity contribution in [2.45, 2.75) is 0 Å². The van der Waals surface area contributed by atoms with E-state index in [1.54, 1.807) is 18.2 Å². The van der Waals surface area contributed by atoms with Crippen molar-refractivity contribution in [1.82, 2.24) is 0 Å². The summed E-state index contributed by atoms with van der Waals surface area (Å²) in [6.45, 7) is 0. The van der Waals surface area contributed by atoms with Gasteiger partial charge in [0.2, 0.25) is 5.91 Å². The van der Waals surface area contributed by atoms with Crippen molar-refractivity contribution in [2.75, 3.05) is 19.5 Å². The van der Waals surface area contributed by atoms with Crippen LogP contribution in [0.25, 0.3) is 6.08 Å². The van der Waals surface area contributed by atoms with Crippen LogP contribution in [-0.2, 0) is 4.79 Å². The summed E-state index contributed by atoms with van der Waals surface area (Å²) in [4.78, 5) is 22.0. The number of amides is 1. The highest BCUT2D eigenvalue weighted by molar-refractivity contribution is 6.02. The van der Waals surface area contributed by atoms with Gasteiger partial charge in [0.25, 0.3) is 5.69 Å². The lowest BCUT2D eigenvalue weighted by Crippen LogP contribution is -2.09. The van der Waals surface area contributed by atoms with E-state index in [1.807, 2.05) is 0 Å². The highest BCUT2D eigenvalue weighted by atomic mass is 19.1. The number of nitro groups is 1. The van der Waals surface area contributed by atoms with E-state index in [2.05, 4.69) is 5.32 Å². The van der Waals surface area contributed by atoms with Crippen molar-refractivity contribution >= 4 is 23.4 Å². The molecule has 130 valence electrons. The average molecular weight is 346 g/mol. The van der Waals surface area contributed by atoms with Gasteiger partial charge in [0.15, 0.2) is 0 Å². The molecule has 0 unspecified atom stereocenters. The van der Waals surface area contributed by atoms with Gasteiger partial charge in [0.1, 0.15) is 17.3 Å². The van der Waals surface area contributed by atoms with E-state index in [-0.39, 0.29) is 11.4 Å². The van der Waals surface area contributed by atoms with E-state index in [0.717, 1.165) is 24.3 Å². The molecule has 0 atom stereocenters. The molecule has 25 heavy (non-hydrogen) atoms. The number of nitrogens with zero attached hydrogens (tertiary/aromatic N) is 1. The Hall–Kier alpha value is -3.42. The first-order valence-corrected chi connectivity index (χ1v) is 7.09. The molecule has 2 aromatic carbocycles. The third kappa shape index (κ3) is 4.54. The number of carbonyl (C=O) groups excluding carboxylic acids is 1. The fourth-order valence-electron chi connectivity index (χ4n) is 2.03. The molecule has 0 aromatic heterocycles. The molecule has 0 heterocycles. The number of methoxy groups -OCH3 is 2. The molecule has 0 aliphatic carbocycles. The molecular formula is C17H15FN2O5. The second-order valence-electron chi connectivity index (χ2n) is 4.85. The molecule has 1 amide bonds. The van der Waals surface area contributed by atoms with Crippen molar-refractivity contribution in [3.05, 3.63) is 64.0 Å². The van der Waals surface area contributed by atoms with Gasteiger partial charge in [0.05, 0.1) is 24.8 Å². The topological polar surface area (TPSA) is 90.7 Å². The Balaban J connectivity index is 2.19. The molecular weight excluding hydrogens is 331 g/mol. The highest BCUT2D eigenvalue weighted by Crippen LogP contribution is 2.25. The molecule has 8 heteroatoms. The first kappa shape index (κ1) is 17.9. The molecule has 0 saturated carbocycles. The zero-order valence-corrected chi connectivity index (χ0v) is 13.5. The van der Waals surface area contributed by atoms with E-state index >= 15 is 0 Å². The van der Waals surface area contributed by atoms with Crippen LogP contribution < -0.4 is 14.8 Å². The monoisotopic (exact) mass is 346 g/mol. The summed E-state index contributed by atoms with van der Waals surface area (Å²) in [7, 11) is 2.99. The number of nitrogens with one attached hydrogen (secondary N) is 1. The van der Waals surface area contributed by atoms with Gasteiger partial charge in [-0.2, -0.15) is 0 Å². The van der Waals surface area contributed by atoms with Crippen molar-refractivity contribution < 1.29 is 23.6 Å². The predicted molar refractivity (Wildman–Crippen MR) is 90.3 cm³/mol. The number of rotatable bonds is 6. The van der Waals surface area contributed by atoms with Crippen LogP contribution in [0.2, 0.25) is 0 Å². The molecule has 0 aliphatic heterocycles. The van der Waals surface area contributed by atoms with Crippen LogP contribution >= 0.6 is 0 Å². The third-order valence-electron chi connectivity index (χ3n) is 3.27. The average Bonchev–Trinajstić information content (AvgIpc) is 2.61. The molecule has 0 spiro atoms. The summed E-state index contributed by atoms with van der Waals surface area (Å²) in [5.74, 6) is -0.326. The van der Waals surface area contributed by atoms with Gasteiger partial charge in [0, 0.05) is 23.8 Å². The Bertz CT molecular complexity index is 836. The number of non-ortho nitro benzene ring substituents is 1. The quantitative estimate of drug-likeness (QED) is 0.492. The summed E-state index contributed by atoms with van der Waals surface area (Å²) in [5.41, 5.74) is -0.0203. The SMILES string of the molecule is COc1ccc(OC)c(C=CC(=O)Nc2cc([N+](=O)[O-])ccc2F)c1. The number of anilines is 1.